The zero-order chi connectivity index (χ0) is 16.9. The molecule has 1 unspecified atom stereocenters. The van der Waals surface area contributed by atoms with Gasteiger partial charge < -0.3 is 15.3 Å². The number of benzene rings is 1. The van der Waals surface area contributed by atoms with Crippen LogP contribution in [-0.4, -0.2) is 52.6 Å². The Labute approximate surface area is 142 Å². The molecule has 1 atom stereocenters. The molecule has 1 fully saturated rings. The fourth-order valence-corrected chi connectivity index (χ4v) is 3.73. The van der Waals surface area contributed by atoms with E-state index in [-0.39, 0.29) is 17.1 Å². The van der Waals surface area contributed by atoms with Gasteiger partial charge in [0.25, 0.3) is 0 Å². The van der Waals surface area contributed by atoms with E-state index in [1.165, 1.54) is 12.1 Å². The highest BCUT2D eigenvalue weighted by Gasteiger charge is 2.28. The lowest BCUT2D eigenvalue weighted by molar-refractivity contribution is 0.186. The molecule has 1 aliphatic rings. The molecule has 0 aliphatic carbocycles. The Morgan fingerprint density at radius 2 is 2.30 bits per heavy atom. The molecule has 0 spiro atoms. The maximum Gasteiger partial charge on any atom is 0.194 e. The van der Waals surface area contributed by atoms with Gasteiger partial charge in [-0.15, -0.1) is 0 Å². The second kappa shape index (κ2) is 8.02. The lowest BCUT2D eigenvalue weighted by Crippen LogP contribution is -2.51. The van der Waals surface area contributed by atoms with Crippen LogP contribution < -0.4 is 5.32 Å². The molecule has 1 saturated heterocycles. The van der Waals surface area contributed by atoms with Gasteiger partial charge in [0, 0.05) is 30.1 Å². The third-order valence-corrected chi connectivity index (χ3v) is 5.00. The Hall–Kier alpha value is -1.27. The molecule has 0 saturated carbocycles. The summed E-state index contributed by atoms with van der Waals surface area (Å²) in [6.07, 6.45) is -0.800. The Morgan fingerprint density at radius 1 is 1.52 bits per heavy atom. The summed E-state index contributed by atoms with van der Waals surface area (Å²) in [6, 6.07) is 6.05. The standard InChI is InChI=1S/C17H26FN3OS/c1-4-19-16(21-8-9-23-17(2,3)12-21)20-11-15(22)13-6-5-7-14(18)10-13/h5-7,10,15,22H,4,8-9,11-12H2,1-3H3,(H,19,20). The third-order valence-electron chi connectivity index (χ3n) is 3.71. The molecule has 0 amide bonds. The number of aliphatic hydroxyl groups excluding tert-OH is 1. The number of hydrogen-bond donors (Lipinski definition) is 2. The number of thioether (sulfide) groups is 1. The summed E-state index contributed by atoms with van der Waals surface area (Å²) in [5.41, 5.74) is 0.555. The van der Waals surface area contributed by atoms with E-state index in [0.717, 1.165) is 31.3 Å². The first kappa shape index (κ1) is 18.1. The van der Waals surface area contributed by atoms with Crippen molar-refractivity contribution < 1.29 is 9.50 Å². The quantitative estimate of drug-likeness (QED) is 0.654. The monoisotopic (exact) mass is 339 g/mol. The largest absolute Gasteiger partial charge is 0.386 e. The number of aliphatic hydroxyl groups is 1. The number of guanidine groups is 1. The van der Waals surface area contributed by atoms with Crippen LogP contribution in [0.1, 0.15) is 32.4 Å². The minimum absolute atomic E-state index is 0.190. The molecule has 1 heterocycles. The molecule has 0 radical (unpaired) electrons. The fourth-order valence-electron chi connectivity index (χ4n) is 2.62. The van der Waals surface area contributed by atoms with E-state index in [4.69, 9.17) is 0 Å². The molecule has 2 rings (SSSR count). The molecule has 0 aromatic heterocycles. The Morgan fingerprint density at radius 3 is 2.96 bits per heavy atom. The third kappa shape index (κ3) is 5.39. The van der Waals surface area contributed by atoms with Crippen molar-refractivity contribution in [3.63, 3.8) is 0 Å². The molecule has 0 bridgehead atoms. The van der Waals surface area contributed by atoms with Crippen LogP contribution >= 0.6 is 11.8 Å². The second-order valence-electron chi connectivity index (χ2n) is 6.30. The van der Waals surface area contributed by atoms with Gasteiger partial charge in [-0.2, -0.15) is 11.8 Å². The lowest BCUT2D eigenvalue weighted by atomic mass is 10.1. The Kier molecular flexibility index (Phi) is 6.30. The highest BCUT2D eigenvalue weighted by atomic mass is 32.2. The minimum Gasteiger partial charge on any atom is -0.386 e. The van der Waals surface area contributed by atoms with Gasteiger partial charge in [-0.25, -0.2) is 4.39 Å². The van der Waals surface area contributed by atoms with Crippen molar-refractivity contribution in [3.8, 4) is 0 Å². The molecule has 23 heavy (non-hydrogen) atoms. The first-order valence-electron chi connectivity index (χ1n) is 8.02. The van der Waals surface area contributed by atoms with E-state index < -0.39 is 6.10 Å². The van der Waals surface area contributed by atoms with Crippen LogP contribution in [0.5, 0.6) is 0 Å². The number of nitrogens with one attached hydrogen (secondary N) is 1. The summed E-state index contributed by atoms with van der Waals surface area (Å²) in [4.78, 5) is 6.79. The van der Waals surface area contributed by atoms with Gasteiger partial charge in [0.05, 0.1) is 12.6 Å². The first-order valence-corrected chi connectivity index (χ1v) is 9.00. The molecule has 4 nitrogen and oxygen atoms in total. The maximum absolute atomic E-state index is 13.3. The van der Waals surface area contributed by atoms with Crippen LogP contribution in [0.3, 0.4) is 0 Å². The highest BCUT2D eigenvalue weighted by Crippen LogP contribution is 2.29. The van der Waals surface area contributed by atoms with E-state index in [1.807, 2.05) is 18.7 Å². The molecule has 2 N–H and O–H groups in total. The zero-order valence-electron chi connectivity index (χ0n) is 14.1. The molecular weight excluding hydrogens is 313 g/mol. The van der Waals surface area contributed by atoms with Crippen LogP contribution in [0.15, 0.2) is 29.3 Å². The normalized spacial score (nSPS) is 19.5. The van der Waals surface area contributed by atoms with Crippen LogP contribution in [-0.2, 0) is 0 Å². The van der Waals surface area contributed by atoms with Crippen molar-refractivity contribution in [3.05, 3.63) is 35.6 Å². The number of halogens is 1. The summed E-state index contributed by atoms with van der Waals surface area (Å²) in [5.74, 6) is 1.53. The number of rotatable bonds is 4. The van der Waals surface area contributed by atoms with Crippen LogP contribution in [0, 0.1) is 5.82 Å². The van der Waals surface area contributed by atoms with Crippen LogP contribution in [0.2, 0.25) is 0 Å². The van der Waals surface area contributed by atoms with Gasteiger partial charge in [-0.3, -0.25) is 4.99 Å². The van der Waals surface area contributed by atoms with Crippen LogP contribution in [0.25, 0.3) is 0 Å². The fraction of sp³-hybridized carbons (Fsp3) is 0.588. The smallest absolute Gasteiger partial charge is 0.194 e. The Bertz CT molecular complexity index is 550. The number of nitrogens with zero attached hydrogens (tertiary/aromatic N) is 2. The minimum atomic E-state index is -0.800. The zero-order valence-corrected chi connectivity index (χ0v) is 14.9. The molecule has 1 aromatic carbocycles. The summed E-state index contributed by atoms with van der Waals surface area (Å²) >= 11 is 1.97. The first-order chi connectivity index (χ1) is 10.9. The van der Waals surface area contributed by atoms with Gasteiger partial charge >= 0.3 is 0 Å². The summed E-state index contributed by atoms with van der Waals surface area (Å²) < 4.78 is 13.4. The number of hydrogen-bond acceptors (Lipinski definition) is 3. The SMILES string of the molecule is CCNC(=NCC(O)c1cccc(F)c1)N1CCSC(C)(C)C1. The van der Waals surface area contributed by atoms with E-state index >= 15 is 0 Å². The van der Waals surface area contributed by atoms with Crippen molar-refractivity contribution in [2.75, 3.05) is 31.9 Å². The van der Waals surface area contributed by atoms with Crippen molar-refractivity contribution in [2.45, 2.75) is 31.6 Å². The van der Waals surface area contributed by atoms with Crippen molar-refractivity contribution in [1.82, 2.24) is 10.2 Å². The Balaban J connectivity index is 2.06. The molecule has 1 aliphatic heterocycles. The molecule has 6 heteroatoms. The average Bonchev–Trinajstić information content (AvgIpc) is 2.50. The summed E-state index contributed by atoms with van der Waals surface area (Å²) in [7, 11) is 0. The predicted octanol–water partition coefficient (Wildman–Crippen LogP) is 2.65. The summed E-state index contributed by atoms with van der Waals surface area (Å²) in [5, 5.41) is 13.5. The van der Waals surface area contributed by atoms with Gasteiger partial charge in [0.1, 0.15) is 5.82 Å². The van der Waals surface area contributed by atoms with Gasteiger partial charge in [-0.05, 0) is 38.5 Å². The molecule has 1 aromatic rings. The highest BCUT2D eigenvalue weighted by molar-refractivity contribution is 8.00. The topological polar surface area (TPSA) is 47.9 Å². The van der Waals surface area contributed by atoms with Gasteiger partial charge in [-0.1, -0.05) is 12.1 Å². The van der Waals surface area contributed by atoms with E-state index in [2.05, 4.69) is 29.1 Å². The van der Waals surface area contributed by atoms with Crippen molar-refractivity contribution >= 4 is 17.7 Å². The molecule has 128 valence electrons. The van der Waals surface area contributed by atoms with Crippen molar-refractivity contribution in [1.29, 1.82) is 0 Å². The van der Waals surface area contributed by atoms with E-state index in [0.29, 0.717) is 5.56 Å². The molecular formula is C17H26FN3OS. The predicted molar refractivity (Wildman–Crippen MR) is 95.4 cm³/mol. The van der Waals surface area contributed by atoms with E-state index in [9.17, 15) is 9.50 Å². The van der Waals surface area contributed by atoms with E-state index in [1.54, 1.807) is 12.1 Å². The van der Waals surface area contributed by atoms with Gasteiger partial charge in [0.15, 0.2) is 5.96 Å². The lowest BCUT2D eigenvalue weighted by Gasteiger charge is -2.39. The maximum atomic E-state index is 13.3. The summed E-state index contributed by atoms with van der Waals surface area (Å²) in [6.45, 7) is 9.34. The number of aliphatic imine (C=N–C) groups is 1. The van der Waals surface area contributed by atoms with Crippen LogP contribution in [0.4, 0.5) is 4.39 Å². The van der Waals surface area contributed by atoms with Gasteiger partial charge in [0.2, 0.25) is 0 Å². The second-order valence-corrected chi connectivity index (χ2v) is 8.10. The van der Waals surface area contributed by atoms with Crippen molar-refractivity contribution in [2.24, 2.45) is 4.99 Å². The average molecular weight is 339 g/mol.